The van der Waals surface area contributed by atoms with Crippen molar-refractivity contribution in [2.24, 2.45) is 50.2 Å². The Hall–Kier alpha value is -1.67. The van der Waals surface area contributed by atoms with Crippen molar-refractivity contribution in [2.75, 3.05) is 19.8 Å². The van der Waals surface area contributed by atoms with Gasteiger partial charge in [0.1, 0.15) is 72.6 Å². The van der Waals surface area contributed by atoms with Crippen LogP contribution in [0.3, 0.4) is 0 Å². The summed E-state index contributed by atoms with van der Waals surface area (Å²) in [5.41, 5.74) is -6.95. The second-order valence-corrected chi connectivity index (χ2v) is 26.5. The molecule has 28 atom stereocenters. The van der Waals surface area contributed by atoms with Gasteiger partial charge in [-0.2, -0.15) is 0 Å². The molecule has 5 aliphatic carbocycles. The lowest BCUT2D eigenvalue weighted by Gasteiger charge is -2.72. The van der Waals surface area contributed by atoms with E-state index in [1.807, 2.05) is 13.8 Å². The molecule has 8 fully saturated rings. The average molecular weight is 1110 g/mol. The molecule has 4 saturated carbocycles. The van der Waals surface area contributed by atoms with Gasteiger partial charge in [0.25, 0.3) is 5.79 Å². The second kappa shape index (κ2) is 20.0. The van der Waals surface area contributed by atoms with Crippen molar-refractivity contribution in [1.29, 1.82) is 0 Å². The predicted octanol–water partition coefficient (Wildman–Crippen LogP) is -3.37. The first-order valence-electron chi connectivity index (χ1n) is 27.4. The number of esters is 1. The molecule has 16 N–H and O–H groups in total. The van der Waals surface area contributed by atoms with Gasteiger partial charge in [-0.15, -0.1) is 0 Å². The first-order chi connectivity index (χ1) is 35.6. The fourth-order valence-corrected chi connectivity index (χ4v) is 16.8. The number of carbonyl (C=O) groups is 1. The average Bonchev–Trinajstić information content (AvgIpc) is 3.36. The summed E-state index contributed by atoms with van der Waals surface area (Å²) in [5.74, 6) is -8.84. The van der Waals surface area contributed by atoms with E-state index >= 15 is 4.79 Å². The van der Waals surface area contributed by atoms with E-state index in [1.165, 1.54) is 6.92 Å². The normalized spacial score (nSPS) is 56.4. The lowest BCUT2D eigenvalue weighted by Crippen LogP contribution is -2.85. The van der Waals surface area contributed by atoms with Gasteiger partial charge < -0.3 is 115 Å². The maximum Gasteiger partial charge on any atom is 0.318 e. The topological polar surface area (TPSA) is 405 Å². The zero-order valence-electron chi connectivity index (χ0n) is 45.1. The molecule has 4 saturated heterocycles. The molecule has 9 rings (SSSR count). The Morgan fingerprint density at radius 3 is 2.05 bits per heavy atom. The van der Waals surface area contributed by atoms with Gasteiger partial charge in [-0.1, -0.05) is 60.1 Å². The van der Waals surface area contributed by atoms with Crippen LogP contribution in [0.5, 0.6) is 0 Å². The van der Waals surface area contributed by atoms with Gasteiger partial charge in [-0.3, -0.25) is 4.79 Å². The highest BCUT2D eigenvalue weighted by atomic mass is 16.8. The maximum atomic E-state index is 15.9. The van der Waals surface area contributed by atoms with Crippen LogP contribution < -0.4 is 0 Å². The lowest BCUT2D eigenvalue weighted by atomic mass is 9.33. The number of rotatable bonds is 9. The summed E-state index contributed by atoms with van der Waals surface area (Å²) in [6.07, 6.45) is -27.4. The zero-order chi connectivity index (χ0) is 56.9. The van der Waals surface area contributed by atoms with Crippen molar-refractivity contribution in [3.63, 3.8) is 0 Å². The van der Waals surface area contributed by atoms with Crippen LogP contribution in [0.1, 0.15) is 113 Å². The summed E-state index contributed by atoms with van der Waals surface area (Å²) >= 11 is 0. The zero-order valence-corrected chi connectivity index (χ0v) is 45.1. The summed E-state index contributed by atoms with van der Waals surface area (Å²) < 4.78 is 40.6. The molecular weight excluding hydrogens is 1020 g/mol. The standard InChI is InChI=1S/C53H86O24/c1-22-32(57)36(61)39(64)52(75-22,51(69)31(19-54)76-53(70,41(66)40(51)65)72-21-26-34(59)35(60)37(62)42(67)73-26)77-44(68)50-16-15-45(2,3)17-24(50)23-9-10-28-47(6)13-12-30(74-43-38(63)33(58)25(55)20-71-43)46(4,5)27(47)11-14-48(28,7)49(23,8)18-29(50)56/h9,22,24-43,54-67,69-70H,10-21H2,1-8H3. The van der Waals surface area contributed by atoms with Crippen molar-refractivity contribution >= 4 is 5.97 Å². The van der Waals surface area contributed by atoms with Crippen molar-refractivity contribution in [1.82, 2.24) is 0 Å². The van der Waals surface area contributed by atoms with E-state index in [0.29, 0.717) is 32.1 Å². The van der Waals surface area contributed by atoms with Crippen LogP contribution in [0.2, 0.25) is 0 Å². The summed E-state index contributed by atoms with van der Waals surface area (Å²) in [5, 5.41) is 179. The smallest absolute Gasteiger partial charge is 0.318 e. The van der Waals surface area contributed by atoms with Crippen LogP contribution in [-0.2, 0) is 38.0 Å². The number of carbonyl (C=O) groups excluding carboxylic acids is 1. The van der Waals surface area contributed by atoms with Crippen molar-refractivity contribution in [2.45, 2.75) is 241 Å². The number of aliphatic hydroxyl groups excluding tert-OH is 14. The molecule has 77 heavy (non-hydrogen) atoms. The summed E-state index contributed by atoms with van der Waals surface area (Å²) in [4.78, 5) is 15.9. The van der Waals surface area contributed by atoms with Gasteiger partial charge in [-0.25, -0.2) is 0 Å². The molecule has 28 unspecified atom stereocenters. The molecule has 0 amide bonds. The third-order valence-electron chi connectivity index (χ3n) is 21.7. The number of aliphatic hydroxyl groups is 16. The van der Waals surface area contributed by atoms with E-state index in [-0.39, 0.29) is 42.8 Å². The number of hydrogen-bond acceptors (Lipinski definition) is 24. The van der Waals surface area contributed by atoms with Gasteiger partial charge in [-0.05, 0) is 110 Å². The van der Waals surface area contributed by atoms with Crippen LogP contribution in [0.4, 0.5) is 0 Å². The molecule has 9 aliphatic rings. The monoisotopic (exact) mass is 1110 g/mol. The van der Waals surface area contributed by atoms with Crippen molar-refractivity contribution < 1.29 is 120 Å². The molecule has 0 spiro atoms. The molecule has 24 heteroatoms. The van der Waals surface area contributed by atoms with E-state index in [1.54, 1.807) is 0 Å². The molecule has 24 nitrogen and oxygen atoms in total. The Morgan fingerprint density at radius 2 is 1.39 bits per heavy atom. The van der Waals surface area contributed by atoms with Crippen molar-refractivity contribution in [3.8, 4) is 0 Å². The molecule has 442 valence electrons. The molecule has 0 radical (unpaired) electrons. The second-order valence-electron chi connectivity index (χ2n) is 26.5. The van der Waals surface area contributed by atoms with Gasteiger partial charge in [0, 0.05) is 0 Å². The molecule has 0 aromatic heterocycles. The Bertz CT molecular complexity index is 2220. The van der Waals surface area contributed by atoms with Crippen LogP contribution in [0.15, 0.2) is 11.6 Å². The highest BCUT2D eigenvalue weighted by Gasteiger charge is 2.79. The summed E-state index contributed by atoms with van der Waals surface area (Å²) in [6, 6.07) is 0. The molecule has 4 aliphatic heterocycles. The number of hydrogen-bond donors (Lipinski definition) is 16. The van der Waals surface area contributed by atoms with Crippen LogP contribution in [0, 0.1) is 50.2 Å². The van der Waals surface area contributed by atoms with Crippen molar-refractivity contribution in [3.05, 3.63) is 11.6 Å². The largest absolute Gasteiger partial charge is 0.426 e. The minimum absolute atomic E-state index is 0.0114. The van der Waals surface area contributed by atoms with Gasteiger partial charge >= 0.3 is 11.9 Å². The van der Waals surface area contributed by atoms with Crippen LogP contribution in [0.25, 0.3) is 0 Å². The van der Waals surface area contributed by atoms with E-state index in [4.69, 9.17) is 33.2 Å². The van der Waals surface area contributed by atoms with E-state index in [2.05, 4.69) is 40.7 Å². The first-order valence-corrected chi connectivity index (χ1v) is 27.4. The van der Waals surface area contributed by atoms with E-state index in [9.17, 15) is 81.7 Å². The highest BCUT2D eigenvalue weighted by molar-refractivity contribution is 5.80. The lowest BCUT2D eigenvalue weighted by molar-refractivity contribution is -0.504. The Kier molecular flexibility index (Phi) is 15.6. The van der Waals surface area contributed by atoms with Gasteiger partial charge in [0.15, 0.2) is 30.4 Å². The molecule has 0 bridgehead atoms. The number of allylic oxidation sites excluding steroid dienone is 2. The number of ether oxygens (including phenoxy) is 7. The predicted molar refractivity (Wildman–Crippen MR) is 259 cm³/mol. The van der Waals surface area contributed by atoms with E-state index < -0.39 is 174 Å². The molecule has 0 aromatic carbocycles. The molecule has 4 heterocycles. The third kappa shape index (κ3) is 8.63. The maximum absolute atomic E-state index is 15.9. The van der Waals surface area contributed by atoms with Crippen LogP contribution >= 0.6 is 0 Å². The fourth-order valence-electron chi connectivity index (χ4n) is 16.8. The summed E-state index contributed by atoms with van der Waals surface area (Å²) in [6.45, 7) is 13.6. The molecule has 0 aromatic rings. The SMILES string of the molecule is CC1OC(OC(=O)C23CCC(C)(C)CC2C2=CCC4C5(C)CCC(OC6OCC(O)C(O)C6O)C(C)(C)C5CCC4(C)C2(C)CC3O)(C2(O)C(CO)OC(O)(OCC3OC(O)C(O)C(O)C3O)C(O)C2O)C(O)C(O)C1O. The van der Waals surface area contributed by atoms with Gasteiger partial charge in [0.05, 0.1) is 38.1 Å². The van der Waals surface area contributed by atoms with Gasteiger partial charge in [0.2, 0.25) is 0 Å². The third-order valence-corrected chi connectivity index (χ3v) is 21.7. The van der Waals surface area contributed by atoms with E-state index in [0.717, 1.165) is 18.4 Å². The minimum Gasteiger partial charge on any atom is -0.426 e. The molecular formula is C53H86O24. The first kappa shape index (κ1) is 59.9. The Morgan fingerprint density at radius 1 is 0.714 bits per heavy atom. The Balaban J connectivity index is 1.05. The fraction of sp³-hybridized carbons (Fsp3) is 0.943. The quantitative estimate of drug-likeness (QED) is 0.0464. The Labute approximate surface area is 447 Å². The summed E-state index contributed by atoms with van der Waals surface area (Å²) in [7, 11) is 0. The van der Waals surface area contributed by atoms with Crippen LogP contribution in [-0.4, -0.2) is 235 Å². The number of fused-ring (bicyclic) bond motifs is 7. The minimum atomic E-state index is -3.60. The highest BCUT2D eigenvalue weighted by Crippen LogP contribution is 2.76.